The van der Waals surface area contributed by atoms with Crippen molar-refractivity contribution in [2.75, 3.05) is 11.4 Å². The lowest BCUT2D eigenvalue weighted by molar-refractivity contribution is -0.117. The molecule has 1 heterocycles. The number of aryl methyl sites for hydroxylation is 1. The molecule has 0 bridgehead atoms. The number of nitrogens with zero attached hydrogens (tertiary/aromatic N) is 1. The van der Waals surface area contributed by atoms with Crippen LogP contribution in [0.1, 0.15) is 50.7 Å². The number of benzene rings is 1. The summed E-state index contributed by atoms with van der Waals surface area (Å²) < 4.78 is 14.7. The highest BCUT2D eigenvalue weighted by Crippen LogP contribution is 2.29. The molecule has 0 saturated carbocycles. The van der Waals surface area contributed by atoms with Gasteiger partial charge in [-0.3, -0.25) is 4.79 Å². The van der Waals surface area contributed by atoms with Crippen molar-refractivity contribution in [3.05, 3.63) is 29.1 Å². The topological polar surface area (TPSA) is 20.3 Å². The van der Waals surface area contributed by atoms with Crippen LogP contribution in [0.5, 0.6) is 0 Å². The second-order valence-corrected chi connectivity index (χ2v) is 5.14. The van der Waals surface area contributed by atoms with Crippen LogP contribution < -0.4 is 4.90 Å². The Labute approximate surface area is 114 Å². The summed E-state index contributed by atoms with van der Waals surface area (Å²) in [6.45, 7) is 4.80. The van der Waals surface area contributed by atoms with Crippen molar-refractivity contribution >= 4 is 11.6 Å². The van der Waals surface area contributed by atoms with Gasteiger partial charge in [0.1, 0.15) is 5.82 Å². The third-order valence-corrected chi connectivity index (χ3v) is 3.85. The lowest BCUT2D eigenvalue weighted by Gasteiger charge is -2.20. The van der Waals surface area contributed by atoms with Crippen molar-refractivity contribution in [1.29, 1.82) is 0 Å². The largest absolute Gasteiger partial charge is 0.310 e. The predicted molar refractivity (Wildman–Crippen MR) is 76.0 cm³/mol. The Balaban J connectivity index is 2.37. The van der Waals surface area contributed by atoms with Gasteiger partial charge < -0.3 is 4.90 Å². The Hall–Kier alpha value is -1.38. The Kier molecular flexibility index (Phi) is 4.56. The van der Waals surface area contributed by atoms with E-state index in [0.29, 0.717) is 18.7 Å². The van der Waals surface area contributed by atoms with E-state index >= 15 is 0 Å². The molecule has 1 aliphatic rings. The molecule has 0 spiro atoms. The van der Waals surface area contributed by atoms with E-state index in [2.05, 4.69) is 6.92 Å². The van der Waals surface area contributed by atoms with E-state index in [4.69, 9.17) is 0 Å². The highest BCUT2D eigenvalue weighted by atomic mass is 19.1. The van der Waals surface area contributed by atoms with Gasteiger partial charge in [0, 0.05) is 13.0 Å². The molecule has 0 N–H and O–H groups in total. The number of carbonyl (C=O) groups is 1. The Morgan fingerprint density at radius 1 is 1.32 bits per heavy atom. The van der Waals surface area contributed by atoms with Gasteiger partial charge in [-0.25, -0.2) is 4.39 Å². The molecule has 2 nitrogen and oxygen atoms in total. The van der Waals surface area contributed by atoms with Gasteiger partial charge in [0.15, 0.2) is 0 Å². The summed E-state index contributed by atoms with van der Waals surface area (Å²) in [7, 11) is 0. The average Bonchev–Trinajstić information content (AvgIpc) is 2.83. The molecule has 1 aromatic carbocycles. The van der Waals surface area contributed by atoms with Crippen LogP contribution in [0.4, 0.5) is 10.1 Å². The summed E-state index contributed by atoms with van der Waals surface area (Å²) in [4.78, 5) is 13.4. The monoisotopic (exact) mass is 263 g/mol. The molecule has 0 unspecified atom stereocenters. The van der Waals surface area contributed by atoms with Gasteiger partial charge in [-0.15, -0.1) is 0 Å². The van der Waals surface area contributed by atoms with Gasteiger partial charge >= 0.3 is 0 Å². The van der Waals surface area contributed by atoms with Crippen LogP contribution in [-0.2, 0) is 17.6 Å². The van der Waals surface area contributed by atoms with Crippen LogP contribution in [0.2, 0.25) is 0 Å². The van der Waals surface area contributed by atoms with E-state index in [1.54, 1.807) is 11.0 Å². The summed E-state index contributed by atoms with van der Waals surface area (Å²) >= 11 is 0. The van der Waals surface area contributed by atoms with Crippen molar-refractivity contribution in [2.24, 2.45) is 0 Å². The fourth-order valence-corrected chi connectivity index (χ4v) is 2.72. The van der Waals surface area contributed by atoms with E-state index in [9.17, 15) is 9.18 Å². The van der Waals surface area contributed by atoms with Crippen molar-refractivity contribution in [1.82, 2.24) is 0 Å². The van der Waals surface area contributed by atoms with Gasteiger partial charge in [0.05, 0.1) is 5.69 Å². The SMILES string of the molecule is CCCCc1c(CC)ccc(N2CCCC2=O)c1F. The number of hydrogen-bond donors (Lipinski definition) is 0. The van der Waals surface area contributed by atoms with Crippen LogP contribution in [0.3, 0.4) is 0 Å². The van der Waals surface area contributed by atoms with Crippen LogP contribution in [-0.4, -0.2) is 12.5 Å². The fourth-order valence-electron chi connectivity index (χ4n) is 2.72. The maximum absolute atomic E-state index is 14.7. The first kappa shape index (κ1) is 14.0. The van der Waals surface area contributed by atoms with Crippen molar-refractivity contribution < 1.29 is 9.18 Å². The van der Waals surface area contributed by atoms with E-state index in [0.717, 1.165) is 43.2 Å². The molecule has 19 heavy (non-hydrogen) atoms. The molecule has 1 aromatic rings. The smallest absolute Gasteiger partial charge is 0.227 e. The Morgan fingerprint density at radius 3 is 2.68 bits per heavy atom. The minimum Gasteiger partial charge on any atom is -0.310 e. The number of unbranched alkanes of at least 4 members (excludes halogenated alkanes) is 1. The van der Waals surface area contributed by atoms with Crippen molar-refractivity contribution in [2.45, 2.75) is 52.4 Å². The summed E-state index contributed by atoms with van der Waals surface area (Å²) in [5, 5.41) is 0. The first-order chi connectivity index (χ1) is 9.19. The standard InChI is InChI=1S/C16H22FNO/c1-3-5-7-13-12(4-2)9-10-14(16(13)17)18-11-6-8-15(18)19/h9-10H,3-8,11H2,1-2H3. The Morgan fingerprint density at radius 2 is 2.11 bits per heavy atom. The first-order valence-electron chi connectivity index (χ1n) is 7.29. The molecule has 104 valence electrons. The number of amides is 1. The zero-order valence-electron chi connectivity index (χ0n) is 11.8. The molecular formula is C16H22FNO. The van der Waals surface area contributed by atoms with E-state index in [1.165, 1.54) is 0 Å². The minimum absolute atomic E-state index is 0.0459. The molecule has 1 fully saturated rings. The highest BCUT2D eigenvalue weighted by Gasteiger charge is 2.25. The van der Waals surface area contributed by atoms with Crippen molar-refractivity contribution in [3.63, 3.8) is 0 Å². The molecule has 2 rings (SSSR count). The summed E-state index contributed by atoms with van der Waals surface area (Å²) in [6.07, 6.45) is 5.01. The fraction of sp³-hybridized carbons (Fsp3) is 0.562. The predicted octanol–water partition coefficient (Wildman–Crippen LogP) is 3.86. The lowest BCUT2D eigenvalue weighted by atomic mass is 9.98. The molecule has 1 aliphatic heterocycles. The number of rotatable bonds is 5. The third kappa shape index (κ3) is 2.80. The molecular weight excluding hydrogens is 241 g/mol. The van der Waals surface area contributed by atoms with Gasteiger partial charge in [-0.2, -0.15) is 0 Å². The van der Waals surface area contributed by atoms with E-state index in [-0.39, 0.29) is 11.7 Å². The molecule has 0 aromatic heterocycles. The van der Waals surface area contributed by atoms with Crippen molar-refractivity contribution in [3.8, 4) is 0 Å². The number of anilines is 1. The number of halogens is 1. The van der Waals surface area contributed by atoms with Gasteiger partial charge in [-0.1, -0.05) is 26.3 Å². The highest BCUT2D eigenvalue weighted by molar-refractivity contribution is 5.95. The van der Waals surface area contributed by atoms with Gasteiger partial charge in [0.2, 0.25) is 5.91 Å². The minimum atomic E-state index is -0.178. The number of carbonyl (C=O) groups excluding carboxylic acids is 1. The quantitative estimate of drug-likeness (QED) is 0.790. The number of hydrogen-bond acceptors (Lipinski definition) is 1. The first-order valence-corrected chi connectivity index (χ1v) is 7.29. The van der Waals surface area contributed by atoms with Gasteiger partial charge in [0.25, 0.3) is 0 Å². The Bertz CT molecular complexity index is 470. The molecule has 0 aliphatic carbocycles. The van der Waals surface area contributed by atoms with E-state index in [1.807, 2.05) is 13.0 Å². The molecule has 1 saturated heterocycles. The van der Waals surface area contributed by atoms with Crippen LogP contribution in [0, 0.1) is 5.82 Å². The second-order valence-electron chi connectivity index (χ2n) is 5.14. The molecule has 0 radical (unpaired) electrons. The zero-order valence-corrected chi connectivity index (χ0v) is 11.8. The maximum atomic E-state index is 14.7. The summed E-state index contributed by atoms with van der Waals surface area (Å²) in [5.74, 6) is -0.132. The lowest BCUT2D eigenvalue weighted by Crippen LogP contribution is -2.25. The third-order valence-electron chi connectivity index (χ3n) is 3.85. The van der Waals surface area contributed by atoms with E-state index < -0.39 is 0 Å². The van der Waals surface area contributed by atoms with Crippen LogP contribution in [0.25, 0.3) is 0 Å². The second kappa shape index (κ2) is 6.18. The van der Waals surface area contributed by atoms with Gasteiger partial charge in [-0.05, 0) is 42.9 Å². The normalized spacial score (nSPS) is 15.3. The summed E-state index contributed by atoms with van der Waals surface area (Å²) in [5.41, 5.74) is 2.36. The summed E-state index contributed by atoms with van der Waals surface area (Å²) in [6, 6.07) is 3.75. The maximum Gasteiger partial charge on any atom is 0.227 e. The molecule has 0 atom stereocenters. The van der Waals surface area contributed by atoms with Crippen LogP contribution in [0.15, 0.2) is 12.1 Å². The zero-order chi connectivity index (χ0) is 13.8. The molecule has 3 heteroatoms. The van der Waals surface area contributed by atoms with Crippen LogP contribution >= 0.6 is 0 Å². The molecule has 1 amide bonds. The average molecular weight is 263 g/mol.